The van der Waals surface area contributed by atoms with E-state index >= 15 is 0 Å². The van der Waals surface area contributed by atoms with Gasteiger partial charge >= 0.3 is 0 Å². The van der Waals surface area contributed by atoms with Gasteiger partial charge in [0, 0.05) is 38.4 Å². The summed E-state index contributed by atoms with van der Waals surface area (Å²) < 4.78 is 1.26. The zero-order valence-electron chi connectivity index (χ0n) is 17.8. The molecule has 3 nitrogen and oxygen atoms in total. The normalized spacial score (nSPS) is 12.2. The summed E-state index contributed by atoms with van der Waals surface area (Å²) in [5.74, 6) is 0. The fourth-order valence-corrected chi connectivity index (χ4v) is 4.35. The van der Waals surface area contributed by atoms with Crippen molar-refractivity contribution in [2.75, 3.05) is 0 Å². The molecule has 2 atom stereocenters. The fourth-order valence-electron chi connectivity index (χ4n) is 3.36. The van der Waals surface area contributed by atoms with Crippen LogP contribution in [0.4, 0.5) is 0 Å². The van der Waals surface area contributed by atoms with E-state index in [0.717, 1.165) is 21.7 Å². The van der Waals surface area contributed by atoms with E-state index in [0.29, 0.717) is 6.42 Å². The quantitative estimate of drug-likeness (QED) is 0.215. The molecular weight excluding hydrogens is 607 g/mol. The summed E-state index contributed by atoms with van der Waals surface area (Å²) >= 11 is 1.73. The molecule has 0 aliphatic rings. The van der Waals surface area contributed by atoms with Gasteiger partial charge in [-0.1, -0.05) is 84.9 Å². The van der Waals surface area contributed by atoms with Crippen molar-refractivity contribution in [3.63, 3.8) is 0 Å². The average molecular weight is 631 g/mol. The standard InChI is InChI=1S/C15H16O2.C13H8NS.Ir/c16-14(12-7-3-1-4-8-12)11-15(17)13-9-5-2-6-10-13;1-2-7-12-10(5-1)9-13(15-12)11-6-3-4-8-14-11;/h1-10,14-17H,11H2;1-8H;/q;-1;. The summed E-state index contributed by atoms with van der Waals surface area (Å²) in [7, 11) is 0. The van der Waals surface area contributed by atoms with Crippen molar-refractivity contribution in [1.82, 2.24) is 4.98 Å². The van der Waals surface area contributed by atoms with Crippen molar-refractivity contribution in [2.45, 2.75) is 18.6 Å². The Balaban J connectivity index is 0.000000181. The molecule has 5 heteroatoms. The van der Waals surface area contributed by atoms with Crippen LogP contribution >= 0.6 is 11.3 Å². The monoisotopic (exact) mass is 631 g/mol. The molecule has 0 fully saturated rings. The van der Waals surface area contributed by atoms with Crippen molar-refractivity contribution >= 4 is 21.4 Å². The van der Waals surface area contributed by atoms with E-state index in [1.54, 1.807) is 11.3 Å². The number of aromatic nitrogens is 1. The number of hydrogen-bond acceptors (Lipinski definition) is 4. The predicted molar refractivity (Wildman–Crippen MR) is 131 cm³/mol. The second-order valence-electron chi connectivity index (χ2n) is 7.36. The van der Waals surface area contributed by atoms with E-state index < -0.39 is 12.2 Å². The summed E-state index contributed by atoms with van der Waals surface area (Å²) in [5, 5.41) is 21.2. The van der Waals surface area contributed by atoms with Crippen LogP contribution in [0.15, 0.2) is 109 Å². The van der Waals surface area contributed by atoms with E-state index in [4.69, 9.17) is 0 Å². The van der Waals surface area contributed by atoms with Gasteiger partial charge in [0.25, 0.3) is 0 Å². The van der Waals surface area contributed by atoms with Gasteiger partial charge in [0.2, 0.25) is 0 Å². The number of aliphatic hydroxyl groups excluding tert-OH is 2. The Hall–Kier alpha value is -2.66. The summed E-state index contributed by atoms with van der Waals surface area (Å²) in [5.41, 5.74) is 2.67. The van der Waals surface area contributed by atoms with Gasteiger partial charge in [0.15, 0.2) is 0 Å². The molecule has 0 bridgehead atoms. The van der Waals surface area contributed by atoms with E-state index in [2.05, 4.69) is 29.2 Å². The van der Waals surface area contributed by atoms with Gasteiger partial charge in [-0.05, 0) is 26.8 Å². The Morgan fingerprint density at radius 3 is 1.79 bits per heavy atom. The first-order valence-corrected chi connectivity index (χ1v) is 11.3. The summed E-state index contributed by atoms with van der Waals surface area (Å²) in [6, 6.07) is 36.4. The zero-order valence-corrected chi connectivity index (χ0v) is 21.0. The van der Waals surface area contributed by atoms with Crippen LogP contribution in [0, 0.1) is 6.07 Å². The Kier molecular flexibility index (Phi) is 9.49. The van der Waals surface area contributed by atoms with Crippen LogP contribution in [-0.2, 0) is 20.1 Å². The van der Waals surface area contributed by atoms with Crippen molar-refractivity contribution in [1.29, 1.82) is 0 Å². The van der Waals surface area contributed by atoms with Crippen LogP contribution in [0.3, 0.4) is 0 Å². The van der Waals surface area contributed by atoms with E-state index in [-0.39, 0.29) is 20.1 Å². The Morgan fingerprint density at radius 2 is 1.24 bits per heavy atom. The third-order valence-electron chi connectivity index (χ3n) is 5.06. The molecular formula is C28H24IrNO2S-. The van der Waals surface area contributed by atoms with E-state index in [1.807, 2.05) is 91.1 Å². The minimum Gasteiger partial charge on any atom is -0.388 e. The van der Waals surface area contributed by atoms with Gasteiger partial charge in [0.1, 0.15) is 0 Å². The smallest absolute Gasteiger partial charge is 0.0818 e. The van der Waals surface area contributed by atoms with Crippen LogP contribution in [0.25, 0.3) is 20.7 Å². The van der Waals surface area contributed by atoms with Crippen LogP contribution < -0.4 is 0 Å². The van der Waals surface area contributed by atoms with E-state index in [9.17, 15) is 10.2 Å². The van der Waals surface area contributed by atoms with Crippen LogP contribution in [0.2, 0.25) is 0 Å². The molecule has 169 valence electrons. The van der Waals surface area contributed by atoms with Gasteiger partial charge in [-0.25, -0.2) is 11.3 Å². The fraction of sp³-hybridized carbons (Fsp3) is 0.107. The minimum atomic E-state index is -0.633. The number of pyridine rings is 1. The molecule has 2 N–H and O–H groups in total. The van der Waals surface area contributed by atoms with Crippen LogP contribution in [-0.4, -0.2) is 15.2 Å². The third kappa shape index (κ3) is 6.91. The molecule has 2 aromatic heterocycles. The summed E-state index contributed by atoms with van der Waals surface area (Å²) in [4.78, 5) is 5.43. The molecule has 0 aliphatic carbocycles. The van der Waals surface area contributed by atoms with Crippen LogP contribution in [0.1, 0.15) is 29.8 Å². The topological polar surface area (TPSA) is 53.4 Å². The van der Waals surface area contributed by atoms with Crippen molar-refractivity contribution in [3.8, 4) is 10.6 Å². The van der Waals surface area contributed by atoms with Crippen molar-refractivity contribution < 1.29 is 30.3 Å². The maximum Gasteiger partial charge on any atom is 0.0818 e. The number of thiophene rings is 1. The Labute approximate surface area is 211 Å². The SMILES string of the molecule is OC(CC(O)c1ccccc1)c1ccccc1.[Ir].[c-]1c(-c2ccccn2)sc2ccccc12. The van der Waals surface area contributed by atoms with Crippen molar-refractivity contribution in [3.05, 3.63) is 127 Å². The van der Waals surface area contributed by atoms with Gasteiger partial charge in [-0.2, -0.15) is 0 Å². The predicted octanol–water partition coefficient (Wildman–Crippen LogP) is 6.60. The van der Waals surface area contributed by atoms with Gasteiger partial charge in [-0.3, -0.25) is 0 Å². The molecule has 5 rings (SSSR count). The summed E-state index contributed by atoms with van der Waals surface area (Å²) in [6.07, 6.45) is 0.861. The molecule has 0 saturated heterocycles. The molecule has 1 radical (unpaired) electrons. The number of nitrogens with zero attached hydrogens (tertiary/aromatic N) is 1. The van der Waals surface area contributed by atoms with Crippen LogP contribution in [0.5, 0.6) is 0 Å². The van der Waals surface area contributed by atoms with Gasteiger partial charge in [-0.15, -0.1) is 23.6 Å². The first kappa shape index (κ1) is 25.0. The molecule has 2 unspecified atom stereocenters. The maximum atomic E-state index is 9.99. The number of rotatable bonds is 5. The molecule has 0 saturated carbocycles. The number of benzene rings is 3. The first-order chi connectivity index (χ1) is 15.7. The number of fused-ring (bicyclic) bond motifs is 1. The van der Waals surface area contributed by atoms with E-state index in [1.165, 1.54) is 10.1 Å². The third-order valence-corrected chi connectivity index (χ3v) is 6.15. The molecule has 33 heavy (non-hydrogen) atoms. The Morgan fingerprint density at radius 1 is 0.697 bits per heavy atom. The number of aliphatic hydroxyl groups is 2. The average Bonchev–Trinajstić information content (AvgIpc) is 3.30. The molecule has 0 amide bonds. The molecule has 5 aromatic rings. The second kappa shape index (κ2) is 12.5. The van der Waals surface area contributed by atoms with Gasteiger partial charge in [0.05, 0.1) is 12.2 Å². The number of hydrogen-bond donors (Lipinski definition) is 2. The molecule has 0 aliphatic heterocycles. The largest absolute Gasteiger partial charge is 0.388 e. The zero-order chi connectivity index (χ0) is 22.2. The maximum absolute atomic E-state index is 9.99. The molecule has 2 heterocycles. The summed E-state index contributed by atoms with van der Waals surface area (Å²) in [6.45, 7) is 0. The molecule has 3 aromatic carbocycles. The molecule has 0 spiro atoms. The minimum absolute atomic E-state index is 0. The van der Waals surface area contributed by atoms with Gasteiger partial charge < -0.3 is 15.2 Å². The second-order valence-corrected chi connectivity index (χ2v) is 8.41. The first-order valence-electron chi connectivity index (χ1n) is 10.5. The Bertz CT molecular complexity index is 1150. The van der Waals surface area contributed by atoms with Crippen molar-refractivity contribution in [2.24, 2.45) is 0 Å².